The SMILES string of the molecule is CC1=NN(C(=S)Nc2ccc(OC(F)(F)F)cc2)C(O)(C(F)(F)F)C1. The number of nitrogens with zero attached hydrogens (tertiary/aromatic N) is 2. The number of hydrazone groups is 1. The maximum atomic E-state index is 13.1. The largest absolute Gasteiger partial charge is 0.573 e. The number of rotatable bonds is 2. The molecule has 5 nitrogen and oxygen atoms in total. The van der Waals surface area contributed by atoms with Crippen molar-refractivity contribution in [2.75, 3.05) is 5.32 Å². The molecule has 1 aromatic carbocycles. The van der Waals surface area contributed by atoms with Gasteiger partial charge in [-0.15, -0.1) is 13.2 Å². The van der Waals surface area contributed by atoms with Crippen molar-refractivity contribution in [3.8, 4) is 5.75 Å². The standard InChI is InChI=1S/C13H11F6N3O2S/c1-7-6-11(23,12(14,15)16)22(21-7)10(25)20-8-2-4-9(5-3-8)24-13(17,18)19/h2-5,23H,6H2,1H3,(H,20,25). The van der Waals surface area contributed by atoms with Crippen LogP contribution in [0.25, 0.3) is 0 Å². The van der Waals surface area contributed by atoms with E-state index in [0.717, 1.165) is 24.3 Å². The zero-order chi connectivity index (χ0) is 19.0. The van der Waals surface area contributed by atoms with E-state index < -0.39 is 35.5 Å². The molecule has 1 aromatic rings. The van der Waals surface area contributed by atoms with Crippen molar-refractivity contribution in [3.63, 3.8) is 0 Å². The molecule has 25 heavy (non-hydrogen) atoms. The number of aliphatic hydroxyl groups is 1. The normalized spacial score (nSPS) is 21.1. The number of benzene rings is 1. The van der Waals surface area contributed by atoms with Crippen molar-refractivity contribution < 1.29 is 36.2 Å². The Morgan fingerprint density at radius 2 is 1.80 bits per heavy atom. The molecule has 1 atom stereocenters. The van der Waals surface area contributed by atoms with Gasteiger partial charge in [-0.25, -0.2) is 0 Å². The van der Waals surface area contributed by atoms with E-state index in [9.17, 15) is 31.4 Å². The number of hydrogen-bond donors (Lipinski definition) is 2. The maximum absolute atomic E-state index is 13.1. The zero-order valence-electron chi connectivity index (χ0n) is 12.4. The van der Waals surface area contributed by atoms with Gasteiger partial charge in [-0.05, 0) is 43.4 Å². The second-order valence-corrected chi connectivity index (χ2v) is 5.53. The molecular formula is C13H11F6N3O2S. The van der Waals surface area contributed by atoms with Crippen molar-refractivity contribution in [2.24, 2.45) is 5.10 Å². The second-order valence-electron chi connectivity index (χ2n) is 5.14. The van der Waals surface area contributed by atoms with Crippen LogP contribution >= 0.6 is 12.2 Å². The predicted octanol–water partition coefficient (Wildman–Crippen LogP) is 3.61. The lowest BCUT2D eigenvalue weighted by Gasteiger charge is -2.34. The topological polar surface area (TPSA) is 57.1 Å². The summed E-state index contributed by atoms with van der Waals surface area (Å²) in [6, 6.07) is 4.14. The Hall–Kier alpha value is -2.08. The van der Waals surface area contributed by atoms with Crippen molar-refractivity contribution in [2.45, 2.75) is 31.6 Å². The minimum atomic E-state index is -5.02. The molecule has 1 aliphatic heterocycles. The molecule has 0 aromatic heterocycles. The summed E-state index contributed by atoms with van der Waals surface area (Å²) in [5.74, 6) is -0.509. The lowest BCUT2D eigenvalue weighted by atomic mass is 10.1. The molecule has 0 spiro atoms. The molecule has 1 heterocycles. The average Bonchev–Trinajstić information content (AvgIpc) is 2.75. The van der Waals surface area contributed by atoms with Crippen LogP contribution in [-0.2, 0) is 0 Å². The molecule has 2 N–H and O–H groups in total. The summed E-state index contributed by atoms with van der Waals surface area (Å²) in [6.45, 7) is 1.29. The van der Waals surface area contributed by atoms with E-state index in [1.165, 1.54) is 6.92 Å². The number of nitrogens with one attached hydrogen (secondary N) is 1. The Labute approximate surface area is 142 Å². The van der Waals surface area contributed by atoms with Crippen LogP contribution in [0.4, 0.5) is 32.0 Å². The molecule has 0 fully saturated rings. The first-order chi connectivity index (χ1) is 11.3. The van der Waals surface area contributed by atoms with Gasteiger partial charge in [0.25, 0.3) is 5.72 Å². The van der Waals surface area contributed by atoms with Crippen LogP contribution in [0.1, 0.15) is 13.3 Å². The predicted molar refractivity (Wildman–Crippen MR) is 79.9 cm³/mol. The van der Waals surface area contributed by atoms with Crippen molar-refractivity contribution in [3.05, 3.63) is 24.3 Å². The fourth-order valence-corrected chi connectivity index (χ4v) is 2.38. The quantitative estimate of drug-likeness (QED) is 0.600. The molecule has 1 unspecified atom stereocenters. The molecule has 0 saturated carbocycles. The van der Waals surface area contributed by atoms with Crippen molar-refractivity contribution in [1.29, 1.82) is 0 Å². The molecule has 0 saturated heterocycles. The summed E-state index contributed by atoms with van der Waals surface area (Å²) in [5, 5.41) is 15.5. The molecule has 0 bridgehead atoms. The van der Waals surface area contributed by atoms with Crippen LogP contribution in [0, 0.1) is 0 Å². The molecule has 0 aliphatic carbocycles. The number of halogens is 6. The second kappa shape index (κ2) is 6.33. The monoisotopic (exact) mass is 387 g/mol. The first kappa shape index (κ1) is 19.2. The summed E-state index contributed by atoms with van der Waals surface area (Å²) in [6.07, 6.45) is -10.7. The molecule has 12 heteroatoms. The van der Waals surface area contributed by atoms with Gasteiger partial charge in [-0.3, -0.25) is 0 Å². The lowest BCUT2D eigenvalue weighted by Crippen LogP contribution is -2.57. The van der Waals surface area contributed by atoms with Gasteiger partial charge < -0.3 is 15.2 Å². The lowest BCUT2D eigenvalue weighted by molar-refractivity contribution is -0.294. The van der Waals surface area contributed by atoms with Crippen LogP contribution in [0.5, 0.6) is 5.75 Å². The third-order valence-corrected chi connectivity index (χ3v) is 3.38. The molecule has 138 valence electrons. The molecule has 1 aliphatic rings. The average molecular weight is 387 g/mol. The third-order valence-electron chi connectivity index (χ3n) is 3.11. The van der Waals surface area contributed by atoms with E-state index in [2.05, 4.69) is 15.2 Å². The van der Waals surface area contributed by atoms with Crippen molar-refractivity contribution >= 4 is 28.7 Å². The highest BCUT2D eigenvalue weighted by Gasteiger charge is 2.62. The van der Waals surface area contributed by atoms with E-state index in [0.29, 0.717) is 0 Å². The minimum absolute atomic E-state index is 0.0119. The Balaban J connectivity index is 2.13. The van der Waals surface area contributed by atoms with E-state index >= 15 is 0 Å². The number of alkyl halides is 6. The Kier molecular flexibility index (Phi) is 4.88. The highest BCUT2D eigenvalue weighted by Crippen LogP contribution is 2.40. The smallest absolute Gasteiger partial charge is 0.406 e. The Morgan fingerprint density at radius 3 is 2.28 bits per heavy atom. The van der Waals surface area contributed by atoms with E-state index in [1.807, 2.05) is 0 Å². The van der Waals surface area contributed by atoms with Gasteiger partial charge in [0, 0.05) is 17.8 Å². The van der Waals surface area contributed by atoms with Gasteiger partial charge >= 0.3 is 12.5 Å². The summed E-state index contributed by atoms with van der Waals surface area (Å²) >= 11 is 4.82. The van der Waals surface area contributed by atoms with Crippen LogP contribution in [0.3, 0.4) is 0 Å². The molecular weight excluding hydrogens is 376 g/mol. The van der Waals surface area contributed by atoms with E-state index in [1.54, 1.807) is 0 Å². The number of hydrogen-bond acceptors (Lipinski definition) is 4. The van der Waals surface area contributed by atoms with E-state index in [4.69, 9.17) is 12.2 Å². The fourth-order valence-electron chi connectivity index (χ4n) is 2.07. The van der Waals surface area contributed by atoms with Gasteiger partial charge in [0.1, 0.15) is 5.75 Å². The van der Waals surface area contributed by atoms with Gasteiger partial charge in [0.15, 0.2) is 5.11 Å². The maximum Gasteiger partial charge on any atom is 0.573 e. The van der Waals surface area contributed by atoms with Crippen LogP contribution < -0.4 is 10.1 Å². The molecule has 0 radical (unpaired) electrons. The van der Waals surface area contributed by atoms with Gasteiger partial charge in [-0.1, -0.05) is 0 Å². The summed E-state index contributed by atoms with van der Waals surface area (Å²) in [7, 11) is 0. The number of anilines is 1. The summed E-state index contributed by atoms with van der Waals surface area (Å²) in [4.78, 5) is 0. The first-order valence-corrected chi connectivity index (χ1v) is 7.03. The van der Waals surface area contributed by atoms with Crippen LogP contribution in [0.2, 0.25) is 0 Å². The number of thiocarbonyl (C=S) groups is 1. The first-order valence-electron chi connectivity index (χ1n) is 6.62. The van der Waals surface area contributed by atoms with Crippen LogP contribution in [-0.4, -0.2) is 39.2 Å². The highest BCUT2D eigenvalue weighted by molar-refractivity contribution is 7.80. The zero-order valence-corrected chi connectivity index (χ0v) is 13.3. The Bertz CT molecular complexity index is 688. The van der Waals surface area contributed by atoms with Gasteiger partial charge in [-0.2, -0.15) is 23.3 Å². The Morgan fingerprint density at radius 1 is 1.24 bits per heavy atom. The fraction of sp³-hybridized carbons (Fsp3) is 0.385. The van der Waals surface area contributed by atoms with Crippen LogP contribution in [0.15, 0.2) is 29.4 Å². The summed E-state index contributed by atoms with van der Waals surface area (Å²) in [5.41, 5.74) is -3.19. The van der Waals surface area contributed by atoms with E-state index in [-0.39, 0.29) is 16.4 Å². The minimum Gasteiger partial charge on any atom is -0.406 e. The van der Waals surface area contributed by atoms with Gasteiger partial charge in [0.2, 0.25) is 0 Å². The highest BCUT2D eigenvalue weighted by atomic mass is 32.1. The van der Waals surface area contributed by atoms with Gasteiger partial charge in [0.05, 0.1) is 0 Å². The van der Waals surface area contributed by atoms with Crippen molar-refractivity contribution in [1.82, 2.24) is 5.01 Å². The third kappa shape index (κ3) is 4.31. The molecule has 0 amide bonds. The summed E-state index contributed by atoms with van der Waals surface area (Å²) < 4.78 is 79.2. The number of ether oxygens (including phenoxy) is 1. The molecule has 2 rings (SSSR count).